The molecule has 0 saturated carbocycles. The average Bonchev–Trinajstić information content (AvgIpc) is 3.25. The number of anilines is 2. The van der Waals surface area contributed by atoms with E-state index in [1.54, 1.807) is 0 Å². The van der Waals surface area contributed by atoms with E-state index in [2.05, 4.69) is 108 Å². The summed E-state index contributed by atoms with van der Waals surface area (Å²) in [7, 11) is 0. The van der Waals surface area contributed by atoms with E-state index in [4.69, 9.17) is 4.42 Å². The van der Waals surface area contributed by atoms with E-state index < -0.39 is 0 Å². The van der Waals surface area contributed by atoms with E-state index in [-0.39, 0.29) is 5.92 Å². The molecule has 2 heteroatoms. The van der Waals surface area contributed by atoms with Crippen LogP contribution >= 0.6 is 0 Å². The van der Waals surface area contributed by atoms with Gasteiger partial charge in [0.25, 0.3) is 0 Å². The summed E-state index contributed by atoms with van der Waals surface area (Å²) in [6.07, 6.45) is 5.42. The van der Waals surface area contributed by atoms with Gasteiger partial charge in [0.1, 0.15) is 11.3 Å². The second-order valence-corrected chi connectivity index (χ2v) is 8.26. The first-order valence-electron chi connectivity index (χ1n) is 11.1. The average molecular weight is 414 g/mol. The Hall–Kier alpha value is -4.04. The molecule has 4 aromatic carbocycles. The lowest BCUT2D eigenvalue weighted by Crippen LogP contribution is -2.03. The summed E-state index contributed by atoms with van der Waals surface area (Å²) in [4.78, 5) is 0. The molecular formula is C30H23NO. The van der Waals surface area contributed by atoms with E-state index in [1.165, 1.54) is 27.6 Å². The largest absolute Gasteiger partial charge is 0.460 e. The molecule has 0 amide bonds. The predicted molar refractivity (Wildman–Crippen MR) is 133 cm³/mol. The SMILES string of the molecule is C1=Cc2c(oc3ccccc23)C(c2ccc(Nc3ccc(-c4ccccc4)cc3)cc2)C1. The van der Waals surface area contributed by atoms with Gasteiger partial charge in [-0.2, -0.15) is 0 Å². The van der Waals surface area contributed by atoms with Crippen molar-refractivity contribution in [3.8, 4) is 11.1 Å². The minimum atomic E-state index is 0.251. The summed E-state index contributed by atoms with van der Waals surface area (Å²) < 4.78 is 6.26. The van der Waals surface area contributed by atoms with Crippen LogP contribution in [0.3, 0.4) is 0 Å². The van der Waals surface area contributed by atoms with Crippen molar-refractivity contribution >= 4 is 28.4 Å². The van der Waals surface area contributed by atoms with Crippen LogP contribution in [0.1, 0.15) is 29.2 Å². The Morgan fingerprint density at radius 1 is 0.656 bits per heavy atom. The molecule has 154 valence electrons. The number of hydrogen-bond donors (Lipinski definition) is 1. The zero-order valence-electron chi connectivity index (χ0n) is 17.7. The molecule has 0 radical (unpaired) electrons. The molecule has 1 unspecified atom stereocenters. The molecule has 1 N–H and O–H groups in total. The Bertz CT molecular complexity index is 1390. The molecule has 1 aliphatic rings. The molecule has 1 aliphatic carbocycles. The van der Waals surface area contributed by atoms with Gasteiger partial charge in [-0.3, -0.25) is 0 Å². The number of para-hydroxylation sites is 1. The molecule has 0 aliphatic heterocycles. The molecule has 0 fully saturated rings. The van der Waals surface area contributed by atoms with Crippen LogP contribution in [0, 0.1) is 0 Å². The fraction of sp³-hybridized carbons (Fsp3) is 0.0667. The third-order valence-electron chi connectivity index (χ3n) is 6.23. The van der Waals surface area contributed by atoms with Crippen LogP contribution in [0.15, 0.2) is 114 Å². The normalized spacial score (nSPS) is 14.9. The van der Waals surface area contributed by atoms with E-state index >= 15 is 0 Å². The Labute approximate surface area is 187 Å². The van der Waals surface area contributed by atoms with Crippen molar-refractivity contribution in [2.75, 3.05) is 5.32 Å². The molecule has 1 atom stereocenters. The van der Waals surface area contributed by atoms with Crippen molar-refractivity contribution in [2.24, 2.45) is 0 Å². The number of hydrogen-bond acceptors (Lipinski definition) is 2. The van der Waals surface area contributed by atoms with Crippen LogP contribution in [-0.2, 0) is 0 Å². The number of fused-ring (bicyclic) bond motifs is 3. The molecule has 0 saturated heterocycles. The Morgan fingerprint density at radius 3 is 2.09 bits per heavy atom. The van der Waals surface area contributed by atoms with Crippen molar-refractivity contribution in [3.63, 3.8) is 0 Å². The van der Waals surface area contributed by atoms with Crippen molar-refractivity contribution in [3.05, 3.63) is 126 Å². The Balaban J connectivity index is 1.22. The maximum atomic E-state index is 6.26. The van der Waals surface area contributed by atoms with E-state index in [1.807, 2.05) is 12.1 Å². The van der Waals surface area contributed by atoms with Gasteiger partial charge >= 0.3 is 0 Å². The first-order chi connectivity index (χ1) is 15.8. The maximum absolute atomic E-state index is 6.26. The summed E-state index contributed by atoms with van der Waals surface area (Å²) in [6, 6.07) is 36.0. The van der Waals surface area contributed by atoms with Crippen molar-refractivity contribution in [2.45, 2.75) is 12.3 Å². The number of benzene rings is 4. The Kier molecular flexibility index (Phi) is 4.62. The van der Waals surface area contributed by atoms with E-state index in [0.717, 1.165) is 29.1 Å². The summed E-state index contributed by atoms with van der Waals surface area (Å²) in [5, 5.41) is 4.71. The van der Waals surface area contributed by atoms with Crippen molar-refractivity contribution in [1.29, 1.82) is 0 Å². The van der Waals surface area contributed by atoms with Gasteiger partial charge in [0.05, 0.1) is 0 Å². The highest BCUT2D eigenvalue weighted by atomic mass is 16.3. The highest BCUT2D eigenvalue weighted by Crippen LogP contribution is 2.40. The lowest BCUT2D eigenvalue weighted by Gasteiger charge is -2.18. The first-order valence-corrected chi connectivity index (χ1v) is 11.1. The maximum Gasteiger partial charge on any atom is 0.134 e. The zero-order valence-corrected chi connectivity index (χ0v) is 17.7. The minimum absolute atomic E-state index is 0.251. The van der Waals surface area contributed by atoms with Gasteiger partial charge in [0, 0.05) is 28.2 Å². The number of allylic oxidation sites excluding steroid dienone is 1. The predicted octanol–water partition coefficient (Wildman–Crippen LogP) is 8.39. The van der Waals surface area contributed by atoms with E-state index in [0.29, 0.717) is 0 Å². The standard InChI is InChI=1S/C30H23NO/c1-2-7-21(8-3-1)22-13-17-24(18-14-22)31-25-19-15-23(16-20-25)26-10-6-11-28-27-9-4-5-12-29(27)32-30(26)28/h1-9,11-20,26,31H,10H2. The second-order valence-electron chi connectivity index (χ2n) is 8.26. The second kappa shape index (κ2) is 7.90. The quantitative estimate of drug-likeness (QED) is 0.320. The number of furan rings is 1. The molecule has 1 heterocycles. The lowest BCUT2D eigenvalue weighted by atomic mass is 9.87. The van der Waals surface area contributed by atoms with Gasteiger partial charge in [-0.15, -0.1) is 0 Å². The summed E-state index contributed by atoms with van der Waals surface area (Å²) in [5.74, 6) is 1.33. The fourth-order valence-corrected chi connectivity index (χ4v) is 4.57. The topological polar surface area (TPSA) is 25.2 Å². The van der Waals surface area contributed by atoms with Gasteiger partial charge < -0.3 is 9.73 Å². The van der Waals surface area contributed by atoms with E-state index in [9.17, 15) is 0 Å². The van der Waals surface area contributed by atoms with Crippen LogP contribution in [0.2, 0.25) is 0 Å². The van der Waals surface area contributed by atoms with Crippen LogP contribution in [0.4, 0.5) is 11.4 Å². The third kappa shape index (κ3) is 3.40. The van der Waals surface area contributed by atoms with Gasteiger partial charge in [-0.05, 0) is 53.4 Å². The molecule has 1 aromatic heterocycles. The summed E-state index contributed by atoms with van der Waals surface area (Å²) >= 11 is 0. The lowest BCUT2D eigenvalue weighted by molar-refractivity contribution is 0.517. The minimum Gasteiger partial charge on any atom is -0.460 e. The van der Waals surface area contributed by atoms with Crippen molar-refractivity contribution in [1.82, 2.24) is 0 Å². The molecule has 2 nitrogen and oxygen atoms in total. The highest BCUT2D eigenvalue weighted by molar-refractivity contribution is 5.89. The molecule has 0 bridgehead atoms. The van der Waals surface area contributed by atoms with Crippen LogP contribution in [0.25, 0.3) is 28.2 Å². The van der Waals surface area contributed by atoms with Crippen LogP contribution in [-0.4, -0.2) is 0 Å². The molecule has 6 rings (SSSR count). The van der Waals surface area contributed by atoms with Gasteiger partial charge in [-0.25, -0.2) is 0 Å². The molecule has 0 spiro atoms. The first kappa shape index (κ1) is 18.7. The fourth-order valence-electron chi connectivity index (χ4n) is 4.57. The number of rotatable bonds is 4. The van der Waals surface area contributed by atoms with Gasteiger partial charge in [0.2, 0.25) is 0 Å². The Morgan fingerprint density at radius 2 is 1.31 bits per heavy atom. The van der Waals surface area contributed by atoms with Gasteiger partial charge in [-0.1, -0.05) is 84.9 Å². The number of nitrogens with one attached hydrogen (secondary N) is 1. The third-order valence-corrected chi connectivity index (χ3v) is 6.23. The molecular weight excluding hydrogens is 390 g/mol. The van der Waals surface area contributed by atoms with Crippen LogP contribution < -0.4 is 5.32 Å². The van der Waals surface area contributed by atoms with Crippen molar-refractivity contribution < 1.29 is 4.42 Å². The smallest absolute Gasteiger partial charge is 0.134 e. The molecule has 5 aromatic rings. The highest BCUT2D eigenvalue weighted by Gasteiger charge is 2.24. The molecule has 32 heavy (non-hydrogen) atoms. The summed E-state index contributed by atoms with van der Waals surface area (Å²) in [5.41, 5.74) is 8.08. The van der Waals surface area contributed by atoms with Crippen LogP contribution in [0.5, 0.6) is 0 Å². The monoisotopic (exact) mass is 413 g/mol. The summed E-state index contributed by atoms with van der Waals surface area (Å²) in [6.45, 7) is 0. The van der Waals surface area contributed by atoms with Gasteiger partial charge in [0.15, 0.2) is 0 Å². The zero-order chi connectivity index (χ0) is 21.3.